The Morgan fingerprint density at radius 2 is 1.34 bits per heavy atom. The molecule has 0 aliphatic heterocycles. The Hall–Kier alpha value is -3.56. The molecular weight excluding hydrogens is 372 g/mol. The summed E-state index contributed by atoms with van der Waals surface area (Å²) in [6.07, 6.45) is 0. The molecule has 3 aromatic heterocycles. The number of hydrogen-bond acceptors (Lipinski definition) is 1. The molecule has 0 bridgehead atoms. The van der Waals surface area contributed by atoms with Crippen LogP contribution < -0.4 is 0 Å². The molecule has 1 N–H and O–H groups in total. The van der Waals surface area contributed by atoms with E-state index in [0.29, 0.717) is 0 Å². The molecule has 0 unspecified atom stereocenters. The van der Waals surface area contributed by atoms with E-state index in [2.05, 4.69) is 99.9 Å². The van der Waals surface area contributed by atoms with Crippen molar-refractivity contribution < 1.29 is 0 Å². The summed E-state index contributed by atoms with van der Waals surface area (Å²) in [5, 5.41) is 8.75. The van der Waals surface area contributed by atoms with E-state index in [-0.39, 0.29) is 0 Å². The summed E-state index contributed by atoms with van der Waals surface area (Å²) >= 11 is 1.81. The largest absolute Gasteiger partial charge is 0.354 e. The number of benzene rings is 4. The van der Waals surface area contributed by atoms with Crippen LogP contribution in [-0.4, -0.2) is 9.55 Å². The van der Waals surface area contributed by atoms with E-state index in [1.165, 1.54) is 59.4 Å². The molecule has 29 heavy (non-hydrogen) atoms. The fourth-order valence-corrected chi connectivity index (χ4v) is 5.64. The highest BCUT2D eigenvalue weighted by atomic mass is 32.1. The van der Waals surface area contributed by atoms with Gasteiger partial charge >= 0.3 is 0 Å². The molecule has 0 radical (unpaired) electrons. The fourth-order valence-electron chi connectivity index (χ4n) is 4.71. The molecule has 0 amide bonds. The minimum Gasteiger partial charge on any atom is -0.354 e. The number of thiophene rings is 1. The molecule has 4 aromatic carbocycles. The van der Waals surface area contributed by atoms with E-state index >= 15 is 0 Å². The van der Waals surface area contributed by atoms with Gasteiger partial charge in [0.1, 0.15) is 0 Å². The summed E-state index contributed by atoms with van der Waals surface area (Å²) in [4.78, 5) is 3.61. The van der Waals surface area contributed by atoms with Crippen LogP contribution in [0, 0.1) is 0 Å². The van der Waals surface area contributed by atoms with Crippen LogP contribution in [0.1, 0.15) is 0 Å². The van der Waals surface area contributed by atoms with Crippen molar-refractivity contribution in [3.63, 3.8) is 0 Å². The van der Waals surface area contributed by atoms with Gasteiger partial charge in [0.2, 0.25) is 0 Å². The van der Waals surface area contributed by atoms with Crippen LogP contribution in [0.2, 0.25) is 0 Å². The van der Waals surface area contributed by atoms with Gasteiger partial charge in [-0.25, -0.2) is 0 Å². The number of aromatic nitrogens is 2. The first kappa shape index (κ1) is 15.4. The van der Waals surface area contributed by atoms with Gasteiger partial charge < -0.3 is 9.55 Å². The monoisotopic (exact) mass is 388 g/mol. The van der Waals surface area contributed by atoms with Crippen molar-refractivity contribution in [2.45, 2.75) is 0 Å². The summed E-state index contributed by atoms with van der Waals surface area (Å²) in [6.45, 7) is 0. The van der Waals surface area contributed by atoms with Crippen molar-refractivity contribution in [2.24, 2.45) is 0 Å². The van der Waals surface area contributed by atoms with Crippen LogP contribution in [0.4, 0.5) is 0 Å². The zero-order chi connectivity index (χ0) is 18.9. The van der Waals surface area contributed by atoms with Gasteiger partial charge in [0.25, 0.3) is 0 Å². The Kier molecular flexibility index (Phi) is 2.91. The average Bonchev–Trinajstić information content (AvgIpc) is 3.43. The first-order valence-corrected chi connectivity index (χ1v) is 10.7. The maximum atomic E-state index is 3.61. The Morgan fingerprint density at radius 3 is 2.28 bits per heavy atom. The second-order valence-corrected chi connectivity index (χ2v) is 8.47. The average molecular weight is 388 g/mol. The number of aromatic amines is 1. The van der Waals surface area contributed by atoms with Crippen molar-refractivity contribution in [1.82, 2.24) is 9.55 Å². The van der Waals surface area contributed by atoms with Crippen molar-refractivity contribution in [1.29, 1.82) is 0 Å². The number of rotatable bonds is 1. The summed E-state index contributed by atoms with van der Waals surface area (Å²) < 4.78 is 3.74. The number of H-pyrrole nitrogens is 1. The number of para-hydroxylation sites is 2. The van der Waals surface area contributed by atoms with E-state index in [1.54, 1.807) is 0 Å². The number of nitrogens with zero attached hydrogens (tertiary/aromatic N) is 1. The molecule has 0 saturated carbocycles. The molecule has 0 atom stereocenters. The van der Waals surface area contributed by atoms with Gasteiger partial charge in [0, 0.05) is 48.0 Å². The lowest BCUT2D eigenvalue weighted by Gasteiger charge is -2.06. The third-order valence-electron chi connectivity index (χ3n) is 6.00. The smallest absolute Gasteiger partial charge is 0.0647 e. The SMILES string of the molecule is c1ccc2c(c1)[nH]c1cc3c(cc12)c1ccccc1n3-c1csc2ccccc12. The Balaban J connectivity index is 1.70. The molecule has 136 valence electrons. The lowest BCUT2D eigenvalue weighted by molar-refractivity contribution is 1.21. The zero-order valence-corrected chi connectivity index (χ0v) is 16.3. The second kappa shape index (κ2) is 5.49. The molecular formula is C26H16N2S. The molecule has 7 aromatic rings. The fraction of sp³-hybridized carbons (Fsp3) is 0. The van der Waals surface area contributed by atoms with E-state index in [4.69, 9.17) is 0 Å². The van der Waals surface area contributed by atoms with Gasteiger partial charge in [-0.1, -0.05) is 54.6 Å². The third-order valence-corrected chi connectivity index (χ3v) is 6.95. The number of nitrogens with one attached hydrogen (secondary N) is 1. The Morgan fingerprint density at radius 1 is 0.586 bits per heavy atom. The first-order chi connectivity index (χ1) is 14.4. The molecule has 3 heteroatoms. The van der Waals surface area contributed by atoms with Gasteiger partial charge in [-0.3, -0.25) is 0 Å². The summed E-state index contributed by atoms with van der Waals surface area (Å²) in [6, 6.07) is 30.6. The Labute approximate surface area is 170 Å². The number of hydrogen-bond donors (Lipinski definition) is 1. The van der Waals surface area contributed by atoms with E-state index in [9.17, 15) is 0 Å². The summed E-state index contributed by atoms with van der Waals surface area (Å²) in [5.74, 6) is 0. The van der Waals surface area contributed by atoms with E-state index in [0.717, 1.165) is 0 Å². The predicted molar refractivity (Wildman–Crippen MR) is 126 cm³/mol. The van der Waals surface area contributed by atoms with Crippen molar-refractivity contribution in [2.75, 3.05) is 0 Å². The van der Waals surface area contributed by atoms with Crippen LogP contribution in [0.25, 0.3) is 59.4 Å². The molecule has 0 aliphatic rings. The first-order valence-electron chi connectivity index (χ1n) is 9.79. The zero-order valence-electron chi connectivity index (χ0n) is 15.5. The normalized spacial score (nSPS) is 12.1. The molecule has 2 nitrogen and oxygen atoms in total. The van der Waals surface area contributed by atoms with Crippen molar-refractivity contribution in [3.05, 3.63) is 90.3 Å². The van der Waals surface area contributed by atoms with Crippen LogP contribution in [0.15, 0.2) is 90.3 Å². The molecule has 0 fully saturated rings. The van der Waals surface area contributed by atoms with Gasteiger partial charge in [-0.15, -0.1) is 11.3 Å². The van der Waals surface area contributed by atoms with Crippen LogP contribution >= 0.6 is 11.3 Å². The minimum absolute atomic E-state index is 1.18. The van der Waals surface area contributed by atoms with E-state index in [1.807, 2.05) is 11.3 Å². The highest BCUT2D eigenvalue weighted by Gasteiger charge is 2.16. The van der Waals surface area contributed by atoms with Gasteiger partial charge in [-0.05, 0) is 30.3 Å². The topological polar surface area (TPSA) is 20.7 Å². The minimum atomic E-state index is 1.18. The quantitative estimate of drug-likeness (QED) is 0.298. The van der Waals surface area contributed by atoms with E-state index < -0.39 is 0 Å². The standard InChI is InChI=1S/C26H16N2S/c1-4-10-21-16(7-1)19-13-20-17-8-2-5-11-23(17)28(24(20)14-22(19)27-21)25-15-29-26-12-6-3-9-18(25)26/h1-15,27H. The van der Waals surface area contributed by atoms with Crippen LogP contribution in [0.5, 0.6) is 0 Å². The van der Waals surface area contributed by atoms with Gasteiger partial charge in [0.05, 0.1) is 16.7 Å². The molecule has 0 saturated heterocycles. The summed E-state index contributed by atoms with van der Waals surface area (Å²) in [5.41, 5.74) is 6.12. The second-order valence-electron chi connectivity index (χ2n) is 7.56. The maximum Gasteiger partial charge on any atom is 0.0647 e. The Bertz CT molecular complexity index is 1710. The van der Waals surface area contributed by atoms with Crippen LogP contribution in [-0.2, 0) is 0 Å². The molecule has 0 aliphatic carbocycles. The van der Waals surface area contributed by atoms with Crippen LogP contribution in [0.3, 0.4) is 0 Å². The lowest BCUT2D eigenvalue weighted by atomic mass is 10.1. The van der Waals surface area contributed by atoms with Gasteiger partial charge in [0.15, 0.2) is 0 Å². The summed E-state index contributed by atoms with van der Waals surface area (Å²) in [7, 11) is 0. The predicted octanol–water partition coefficient (Wildman–Crippen LogP) is 7.63. The lowest BCUT2D eigenvalue weighted by Crippen LogP contribution is -1.92. The molecule has 7 rings (SSSR count). The van der Waals surface area contributed by atoms with Crippen molar-refractivity contribution >= 4 is 65.0 Å². The van der Waals surface area contributed by atoms with Gasteiger partial charge in [-0.2, -0.15) is 0 Å². The van der Waals surface area contributed by atoms with Crippen molar-refractivity contribution in [3.8, 4) is 5.69 Å². The number of fused-ring (bicyclic) bond motifs is 7. The highest BCUT2D eigenvalue weighted by molar-refractivity contribution is 7.17. The molecule has 0 spiro atoms. The highest BCUT2D eigenvalue weighted by Crippen LogP contribution is 2.39. The maximum absolute atomic E-state index is 3.61. The third kappa shape index (κ3) is 2.00. The molecule has 3 heterocycles.